The molecule has 0 radical (unpaired) electrons. The Balaban J connectivity index is 2.36. The van der Waals surface area contributed by atoms with Gasteiger partial charge in [-0.15, -0.1) is 0 Å². The van der Waals surface area contributed by atoms with Gasteiger partial charge in [0.1, 0.15) is 6.04 Å². The first-order valence-corrected chi connectivity index (χ1v) is 9.46. The van der Waals surface area contributed by atoms with Gasteiger partial charge in [0.25, 0.3) is 0 Å². The van der Waals surface area contributed by atoms with Crippen LogP contribution in [-0.2, 0) is 9.59 Å². The molecule has 0 saturated carbocycles. The van der Waals surface area contributed by atoms with Crippen molar-refractivity contribution in [3.8, 4) is 0 Å². The maximum atomic E-state index is 12.3. The summed E-state index contributed by atoms with van der Waals surface area (Å²) < 4.78 is 2.65. The zero-order chi connectivity index (χ0) is 16.6. The Bertz CT molecular complexity index is 639. The molecule has 1 saturated heterocycles. The van der Waals surface area contributed by atoms with Gasteiger partial charge < -0.3 is 16.4 Å². The first-order valence-electron chi connectivity index (χ1n) is 6.79. The average Bonchev–Trinajstić information content (AvgIpc) is 2.78. The van der Waals surface area contributed by atoms with Crippen LogP contribution < -0.4 is 11.5 Å². The van der Waals surface area contributed by atoms with Crippen LogP contribution >= 0.6 is 54.5 Å². The number of hydrogen-bond acceptors (Lipinski definition) is 3. The van der Waals surface area contributed by atoms with Gasteiger partial charge in [0.2, 0.25) is 11.8 Å². The first kappa shape index (κ1) is 18.0. The Labute approximate surface area is 159 Å². The summed E-state index contributed by atoms with van der Waals surface area (Å²) in [5, 5.41) is 0. The summed E-state index contributed by atoms with van der Waals surface area (Å²) >= 11 is 9.25. The van der Waals surface area contributed by atoms with Crippen LogP contribution in [0.1, 0.15) is 31.2 Å². The summed E-state index contributed by atoms with van der Waals surface area (Å²) in [6, 6.07) is 1.39. The molecule has 5 nitrogen and oxygen atoms in total. The molecule has 0 aliphatic carbocycles. The number of nitrogens with zero attached hydrogens (tertiary/aromatic N) is 1. The molecule has 1 aliphatic rings. The van der Waals surface area contributed by atoms with Gasteiger partial charge in [-0.25, -0.2) is 0 Å². The van der Waals surface area contributed by atoms with Crippen LogP contribution in [0.3, 0.4) is 0 Å². The van der Waals surface area contributed by atoms with E-state index in [4.69, 9.17) is 11.5 Å². The molecule has 0 aromatic heterocycles. The molecule has 1 aromatic rings. The zero-order valence-electron chi connectivity index (χ0n) is 11.9. The molecule has 2 amide bonds. The lowest BCUT2D eigenvalue weighted by Gasteiger charge is -2.25. The predicted molar refractivity (Wildman–Crippen MR) is 101 cm³/mol. The minimum absolute atomic E-state index is 0.0241. The molecular weight excluding hydrogens is 529 g/mol. The molecule has 2 rings (SSSR count). The molecule has 120 valence electrons. The monoisotopic (exact) mass is 543 g/mol. The number of carbonyl (C=O) groups is 2. The van der Waals surface area contributed by atoms with E-state index in [1.165, 1.54) is 0 Å². The molecule has 0 bridgehead atoms. The van der Waals surface area contributed by atoms with E-state index < -0.39 is 11.9 Å². The SMILES string of the molecule is CC[C@@H](C(N)=O)N1CC(c2c(Br)cc(I)c(N)c2Br)CC1=O. The highest BCUT2D eigenvalue weighted by molar-refractivity contribution is 14.1. The Morgan fingerprint density at radius 1 is 1.55 bits per heavy atom. The number of hydrogen-bond donors (Lipinski definition) is 2. The van der Waals surface area contributed by atoms with E-state index in [9.17, 15) is 9.59 Å². The van der Waals surface area contributed by atoms with Crippen molar-refractivity contribution >= 4 is 72.0 Å². The number of carbonyl (C=O) groups excluding carboxylic acids is 2. The van der Waals surface area contributed by atoms with Gasteiger partial charge in [-0.1, -0.05) is 22.9 Å². The van der Waals surface area contributed by atoms with Gasteiger partial charge in [-0.2, -0.15) is 0 Å². The van der Waals surface area contributed by atoms with Gasteiger partial charge in [0.15, 0.2) is 0 Å². The van der Waals surface area contributed by atoms with Crippen molar-refractivity contribution in [3.63, 3.8) is 0 Å². The Morgan fingerprint density at radius 2 is 2.18 bits per heavy atom. The van der Waals surface area contributed by atoms with Crippen LogP contribution in [0.4, 0.5) is 5.69 Å². The van der Waals surface area contributed by atoms with E-state index >= 15 is 0 Å². The predicted octanol–water partition coefficient (Wildman–Crippen LogP) is 2.98. The lowest BCUT2D eigenvalue weighted by molar-refractivity contribution is -0.136. The lowest BCUT2D eigenvalue weighted by atomic mass is 9.97. The fraction of sp³-hybridized carbons (Fsp3) is 0.429. The van der Waals surface area contributed by atoms with Gasteiger partial charge in [-0.05, 0) is 56.6 Å². The number of benzene rings is 1. The number of rotatable bonds is 4. The number of likely N-dealkylation sites (tertiary alicyclic amines) is 1. The highest BCUT2D eigenvalue weighted by Gasteiger charge is 2.38. The molecule has 1 heterocycles. The smallest absolute Gasteiger partial charge is 0.240 e. The fourth-order valence-electron chi connectivity index (χ4n) is 2.80. The van der Waals surface area contributed by atoms with Crippen LogP contribution in [-0.4, -0.2) is 29.3 Å². The zero-order valence-corrected chi connectivity index (χ0v) is 17.2. The third kappa shape index (κ3) is 3.28. The molecule has 8 heteroatoms. The summed E-state index contributed by atoms with van der Waals surface area (Å²) in [5.74, 6) is -0.535. The van der Waals surface area contributed by atoms with Gasteiger partial charge in [0, 0.05) is 31.4 Å². The third-order valence-electron chi connectivity index (χ3n) is 3.90. The highest BCUT2D eigenvalue weighted by atomic mass is 127. The maximum absolute atomic E-state index is 12.3. The molecule has 0 spiro atoms. The van der Waals surface area contributed by atoms with E-state index in [1.54, 1.807) is 4.90 Å². The molecular formula is C14H16Br2IN3O2. The van der Waals surface area contributed by atoms with Gasteiger partial charge >= 0.3 is 0 Å². The van der Waals surface area contributed by atoms with Crippen LogP contribution in [0.2, 0.25) is 0 Å². The van der Waals surface area contributed by atoms with E-state index in [0.29, 0.717) is 25.1 Å². The van der Waals surface area contributed by atoms with E-state index in [1.807, 2.05) is 13.0 Å². The lowest BCUT2D eigenvalue weighted by Crippen LogP contribution is -2.45. The molecule has 1 aliphatic heterocycles. The largest absolute Gasteiger partial charge is 0.397 e. The Kier molecular flexibility index (Phi) is 5.76. The molecule has 1 fully saturated rings. The number of nitrogens with two attached hydrogens (primary N) is 2. The number of nitrogen functional groups attached to an aromatic ring is 1. The van der Waals surface area contributed by atoms with Crippen molar-refractivity contribution in [2.45, 2.75) is 31.7 Å². The fourth-order valence-corrected chi connectivity index (χ4v) is 5.94. The van der Waals surface area contributed by atoms with Gasteiger partial charge in [0.05, 0.1) is 5.69 Å². The van der Waals surface area contributed by atoms with E-state index in [2.05, 4.69) is 54.5 Å². The number of anilines is 1. The van der Waals surface area contributed by atoms with Crippen molar-refractivity contribution in [1.82, 2.24) is 4.90 Å². The second-order valence-corrected chi connectivity index (χ2v) is 8.06. The van der Waals surface area contributed by atoms with E-state index in [0.717, 1.165) is 18.1 Å². The van der Waals surface area contributed by atoms with Crippen LogP contribution in [0, 0.1) is 3.57 Å². The molecule has 22 heavy (non-hydrogen) atoms. The standard InChI is InChI=1S/C14H16Br2IN3O2/c1-2-9(14(19)22)20-5-6(3-10(20)21)11-7(15)4-8(17)13(18)12(11)16/h4,6,9H,2-3,5,18H2,1H3,(H2,19,22)/t6?,9-/m0/s1. The third-order valence-corrected chi connectivity index (χ3v) is 6.30. The van der Waals surface area contributed by atoms with Crippen LogP contribution in [0.25, 0.3) is 0 Å². The number of primary amides is 1. The minimum Gasteiger partial charge on any atom is -0.397 e. The van der Waals surface area contributed by atoms with Crippen molar-refractivity contribution in [3.05, 3.63) is 24.1 Å². The molecule has 1 aromatic carbocycles. The number of amides is 2. The normalized spacial score (nSPS) is 19.5. The van der Waals surface area contributed by atoms with Crippen molar-refractivity contribution < 1.29 is 9.59 Å². The van der Waals surface area contributed by atoms with Crippen molar-refractivity contribution in [1.29, 1.82) is 0 Å². The van der Waals surface area contributed by atoms with Crippen molar-refractivity contribution in [2.24, 2.45) is 5.73 Å². The van der Waals surface area contributed by atoms with E-state index in [-0.39, 0.29) is 11.8 Å². The first-order chi connectivity index (χ1) is 10.3. The van der Waals surface area contributed by atoms with Crippen LogP contribution in [0.5, 0.6) is 0 Å². The Morgan fingerprint density at radius 3 is 2.73 bits per heavy atom. The topological polar surface area (TPSA) is 89.4 Å². The second kappa shape index (κ2) is 7.04. The molecule has 4 N–H and O–H groups in total. The van der Waals surface area contributed by atoms with Crippen LogP contribution in [0.15, 0.2) is 15.0 Å². The Hall–Kier alpha value is -0.350. The summed E-state index contributed by atoms with van der Waals surface area (Å²) in [7, 11) is 0. The highest BCUT2D eigenvalue weighted by Crippen LogP contribution is 2.42. The number of halogens is 3. The quantitative estimate of drug-likeness (QED) is 0.451. The summed E-state index contributed by atoms with van der Waals surface area (Å²) in [6.45, 7) is 2.32. The molecule has 1 unspecified atom stereocenters. The average molecular weight is 545 g/mol. The maximum Gasteiger partial charge on any atom is 0.240 e. The molecule has 2 atom stereocenters. The summed E-state index contributed by atoms with van der Waals surface area (Å²) in [5.41, 5.74) is 13.1. The summed E-state index contributed by atoms with van der Waals surface area (Å²) in [4.78, 5) is 25.4. The second-order valence-electron chi connectivity index (χ2n) is 5.26. The van der Waals surface area contributed by atoms with Crippen molar-refractivity contribution in [2.75, 3.05) is 12.3 Å². The minimum atomic E-state index is -0.545. The van der Waals surface area contributed by atoms with Gasteiger partial charge in [-0.3, -0.25) is 9.59 Å². The summed E-state index contributed by atoms with van der Waals surface area (Å²) in [6.07, 6.45) is 0.867.